The lowest BCUT2D eigenvalue weighted by Crippen LogP contribution is -2.26. The van der Waals surface area contributed by atoms with Gasteiger partial charge in [-0.2, -0.15) is 0 Å². The normalized spacial score (nSPS) is 11.5. The number of carbonyl (C=O) groups is 1. The third-order valence-corrected chi connectivity index (χ3v) is 10.6. The van der Waals surface area contributed by atoms with E-state index >= 15 is 0 Å². The molecule has 0 fully saturated rings. The van der Waals surface area contributed by atoms with Crippen LogP contribution < -0.4 is 4.90 Å². The van der Waals surface area contributed by atoms with Crippen molar-refractivity contribution in [1.82, 2.24) is 4.57 Å². The summed E-state index contributed by atoms with van der Waals surface area (Å²) in [5, 5.41) is 4.37. The van der Waals surface area contributed by atoms with Crippen LogP contribution in [-0.2, 0) is 0 Å². The molecule has 1 amide bonds. The van der Waals surface area contributed by atoms with Gasteiger partial charge in [0, 0.05) is 45.5 Å². The number of carbonyl (C=O) groups excluding carboxylic acids is 1. The van der Waals surface area contributed by atoms with Crippen molar-refractivity contribution in [1.29, 1.82) is 0 Å². The average molecular weight is 695 g/mol. The number of nitrogens with zero attached hydrogens (tertiary/aromatic N) is 2. The first-order valence-electron chi connectivity index (χ1n) is 18.2. The summed E-state index contributed by atoms with van der Waals surface area (Å²) in [7, 11) is 1.84. The monoisotopic (exact) mass is 694 g/mol. The van der Waals surface area contributed by atoms with Crippen molar-refractivity contribution in [2.75, 3.05) is 11.9 Å². The molecule has 54 heavy (non-hydrogen) atoms. The number of hydrogen-bond acceptors (Lipinski definition) is 2. The molecule has 0 radical (unpaired) electrons. The molecule has 10 rings (SSSR count). The summed E-state index contributed by atoms with van der Waals surface area (Å²) in [4.78, 5) is 15.7. The van der Waals surface area contributed by atoms with Crippen LogP contribution in [0.3, 0.4) is 0 Å². The molecule has 4 heteroatoms. The summed E-state index contributed by atoms with van der Waals surface area (Å²) in [6.45, 7) is 0. The zero-order valence-corrected chi connectivity index (χ0v) is 29.6. The maximum absolute atomic E-state index is 14.0. The molecule has 0 aliphatic carbocycles. The average Bonchev–Trinajstić information content (AvgIpc) is 3.78. The second-order valence-corrected chi connectivity index (χ2v) is 13.8. The molecule has 0 saturated heterocycles. The van der Waals surface area contributed by atoms with Crippen LogP contribution in [0.25, 0.3) is 82.8 Å². The highest BCUT2D eigenvalue weighted by Gasteiger charge is 2.19. The molecule has 256 valence electrons. The minimum atomic E-state index is -0.0796. The Bertz CT molecular complexity index is 3030. The summed E-state index contributed by atoms with van der Waals surface area (Å²) in [5.74, 6) is -0.0796. The SMILES string of the molecule is CN(C(=O)c1cccc(-c2cccc(-c3ccccc3)c2)c1)c1ccc2oc3ccc(-n4c5ccccc5c5cc(-c6ccccc6)ccc54)cc3c2c1. The fraction of sp³-hybridized carbons (Fsp3) is 0.0200. The van der Waals surface area contributed by atoms with Gasteiger partial charge in [0.25, 0.3) is 5.91 Å². The smallest absolute Gasteiger partial charge is 0.258 e. The van der Waals surface area contributed by atoms with Crippen molar-refractivity contribution in [3.63, 3.8) is 0 Å². The highest BCUT2D eigenvalue weighted by atomic mass is 16.3. The van der Waals surface area contributed by atoms with Gasteiger partial charge < -0.3 is 13.9 Å². The number of fused-ring (bicyclic) bond motifs is 6. The first-order chi connectivity index (χ1) is 26.6. The molecule has 2 aromatic heterocycles. The van der Waals surface area contributed by atoms with Crippen molar-refractivity contribution >= 4 is 55.3 Å². The fourth-order valence-corrected chi connectivity index (χ4v) is 7.81. The van der Waals surface area contributed by atoms with Gasteiger partial charge in [-0.25, -0.2) is 0 Å². The van der Waals surface area contributed by atoms with Gasteiger partial charge in [-0.3, -0.25) is 4.79 Å². The molecule has 0 unspecified atom stereocenters. The standard InChI is InChI=1S/C50H34N2O2/c1-51(50(53)39-19-11-18-37(29-39)36-17-10-16-35(28-36)33-12-4-2-5-13-33)40-23-26-48-44(31-40)45-32-41(24-27-49(45)54-48)52-46-21-9-8-20-42(46)43-30-38(22-25-47(43)52)34-14-6-3-7-15-34/h2-32H,1H3. The minimum absolute atomic E-state index is 0.0796. The molecule has 2 heterocycles. The molecule has 0 bridgehead atoms. The molecular weight excluding hydrogens is 661 g/mol. The Labute approximate surface area is 312 Å². The van der Waals surface area contributed by atoms with E-state index in [0.29, 0.717) is 5.56 Å². The van der Waals surface area contributed by atoms with E-state index in [1.165, 1.54) is 21.9 Å². The molecular formula is C50H34N2O2. The van der Waals surface area contributed by atoms with Gasteiger partial charge in [0.15, 0.2) is 0 Å². The highest BCUT2D eigenvalue weighted by Crippen LogP contribution is 2.38. The molecule has 0 aliphatic rings. The van der Waals surface area contributed by atoms with Gasteiger partial charge >= 0.3 is 0 Å². The Morgan fingerprint density at radius 2 is 1.02 bits per heavy atom. The van der Waals surface area contributed by atoms with Crippen LogP contribution in [0.5, 0.6) is 0 Å². The summed E-state index contributed by atoms with van der Waals surface area (Å²) < 4.78 is 8.67. The van der Waals surface area contributed by atoms with Crippen molar-refractivity contribution in [2.45, 2.75) is 0 Å². The molecule has 0 aliphatic heterocycles. The van der Waals surface area contributed by atoms with Crippen LogP contribution in [0.2, 0.25) is 0 Å². The predicted octanol–water partition coefficient (Wildman–Crippen LogP) is 13.0. The van der Waals surface area contributed by atoms with Crippen LogP contribution in [-0.4, -0.2) is 17.5 Å². The van der Waals surface area contributed by atoms with Gasteiger partial charge in [0.1, 0.15) is 11.2 Å². The quantitative estimate of drug-likeness (QED) is 0.174. The summed E-state index contributed by atoms with van der Waals surface area (Å²) in [5.41, 5.74) is 13.1. The zero-order valence-electron chi connectivity index (χ0n) is 29.6. The third-order valence-electron chi connectivity index (χ3n) is 10.6. The van der Waals surface area contributed by atoms with Gasteiger partial charge in [0.05, 0.1) is 11.0 Å². The van der Waals surface area contributed by atoms with E-state index in [2.05, 4.69) is 144 Å². The van der Waals surface area contributed by atoms with E-state index in [1.807, 2.05) is 55.6 Å². The summed E-state index contributed by atoms with van der Waals surface area (Å²) >= 11 is 0. The Balaban J connectivity index is 1.01. The molecule has 8 aromatic carbocycles. The second-order valence-electron chi connectivity index (χ2n) is 13.8. The Kier molecular flexibility index (Phi) is 7.48. The number of furan rings is 1. The number of hydrogen-bond donors (Lipinski definition) is 0. The van der Waals surface area contributed by atoms with E-state index in [9.17, 15) is 4.79 Å². The van der Waals surface area contributed by atoms with Crippen molar-refractivity contribution < 1.29 is 9.21 Å². The topological polar surface area (TPSA) is 38.4 Å². The van der Waals surface area contributed by atoms with Crippen LogP contribution in [0.4, 0.5) is 5.69 Å². The van der Waals surface area contributed by atoms with Crippen LogP contribution in [0, 0.1) is 0 Å². The van der Waals surface area contributed by atoms with Crippen molar-refractivity contribution in [3.05, 3.63) is 194 Å². The van der Waals surface area contributed by atoms with E-state index in [-0.39, 0.29) is 5.91 Å². The lowest BCUT2D eigenvalue weighted by molar-refractivity contribution is 0.0993. The van der Waals surface area contributed by atoms with E-state index in [4.69, 9.17) is 4.42 Å². The Morgan fingerprint density at radius 1 is 0.444 bits per heavy atom. The predicted molar refractivity (Wildman–Crippen MR) is 224 cm³/mol. The van der Waals surface area contributed by atoms with Crippen molar-refractivity contribution in [3.8, 4) is 39.1 Å². The molecule has 0 N–H and O–H groups in total. The number of amides is 1. The van der Waals surface area contributed by atoms with Crippen LogP contribution in [0.15, 0.2) is 192 Å². The highest BCUT2D eigenvalue weighted by molar-refractivity contribution is 6.13. The molecule has 4 nitrogen and oxygen atoms in total. The molecule has 0 atom stereocenters. The van der Waals surface area contributed by atoms with Gasteiger partial charge in [0.2, 0.25) is 0 Å². The number of anilines is 1. The number of para-hydroxylation sites is 1. The zero-order chi connectivity index (χ0) is 36.2. The number of aromatic nitrogens is 1. The lowest BCUT2D eigenvalue weighted by atomic mass is 9.98. The largest absolute Gasteiger partial charge is 0.456 e. The molecule has 0 spiro atoms. The first-order valence-corrected chi connectivity index (χ1v) is 18.2. The summed E-state index contributed by atoms with van der Waals surface area (Å²) in [6, 6.07) is 64.9. The second kappa shape index (κ2) is 12.8. The Morgan fingerprint density at radius 3 is 1.78 bits per heavy atom. The minimum Gasteiger partial charge on any atom is -0.456 e. The van der Waals surface area contributed by atoms with Crippen LogP contribution >= 0.6 is 0 Å². The fourth-order valence-electron chi connectivity index (χ4n) is 7.81. The van der Waals surface area contributed by atoms with Crippen molar-refractivity contribution in [2.24, 2.45) is 0 Å². The number of rotatable bonds is 6. The first kappa shape index (κ1) is 31.6. The van der Waals surface area contributed by atoms with Gasteiger partial charge in [-0.05, 0) is 106 Å². The molecule has 0 saturated carbocycles. The molecule has 10 aromatic rings. The maximum atomic E-state index is 14.0. The van der Waals surface area contributed by atoms with E-state index in [0.717, 1.165) is 66.6 Å². The van der Waals surface area contributed by atoms with Gasteiger partial charge in [-0.15, -0.1) is 0 Å². The Hall–Kier alpha value is -7.17. The van der Waals surface area contributed by atoms with E-state index < -0.39 is 0 Å². The van der Waals surface area contributed by atoms with Crippen LogP contribution in [0.1, 0.15) is 10.4 Å². The maximum Gasteiger partial charge on any atom is 0.258 e. The lowest BCUT2D eigenvalue weighted by Gasteiger charge is -2.18. The number of benzene rings is 8. The third kappa shape index (κ3) is 5.35. The summed E-state index contributed by atoms with van der Waals surface area (Å²) in [6.07, 6.45) is 0. The van der Waals surface area contributed by atoms with E-state index in [1.54, 1.807) is 4.90 Å². The van der Waals surface area contributed by atoms with Gasteiger partial charge in [-0.1, -0.05) is 115 Å².